The Morgan fingerprint density at radius 2 is 1.63 bits per heavy atom. The lowest BCUT2D eigenvalue weighted by atomic mass is 10.0. The Morgan fingerprint density at radius 3 is 2.13 bits per heavy atom. The number of amides is 1. The van der Waals surface area contributed by atoms with E-state index < -0.39 is 38.4 Å². The van der Waals surface area contributed by atoms with E-state index in [1.54, 1.807) is 12.1 Å². The summed E-state index contributed by atoms with van der Waals surface area (Å²) < 4.78 is 48.7. The summed E-state index contributed by atoms with van der Waals surface area (Å²) in [6, 6.07) is 10.1. The molecule has 1 N–H and O–H groups in total. The number of nitrogens with one attached hydrogen (secondary N) is 1. The lowest BCUT2D eigenvalue weighted by Crippen LogP contribution is -2.41. The van der Waals surface area contributed by atoms with Gasteiger partial charge < -0.3 is 5.32 Å². The Kier molecular flexibility index (Phi) is 7.79. The highest BCUT2D eigenvalue weighted by atomic mass is 35.5. The van der Waals surface area contributed by atoms with Gasteiger partial charge >= 0.3 is 0 Å². The molecule has 2 aromatic carbocycles. The number of carbonyl (C=O) groups excluding carboxylic acids is 1. The van der Waals surface area contributed by atoms with Crippen LogP contribution in [0.1, 0.15) is 24.9 Å². The zero-order chi connectivity index (χ0) is 22.7. The van der Waals surface area contributed by atoms with Gasteiger partial charge in [0.2, 0.25) is 15.9 Å². The van der Waals surface area contributed by atoms with Crippen LogP contribution in [0.4, 0.5) is 5.69 Å². The highest BCUT2D eigenvalue weighted by Gasteiger charge is 2.24. The van der Waals surface area contributed by atoms with Gasteiger partial charge in [-0.3, -0.25) is 9.10 Å². The third kappa shape index (κ3) is 6.34. The molecular weight excluding hydrogens is 471 g/mol. The monoisotopic (exact) mass is 492 g/mol. The van der Waals surface area contributed by atoms with Crippen molar-refractivity contribution in [3.63, 3.8) is 0 Å². The molecule has 0 aliphatic heterocycles. The third-order valence-electron chi connectivity index (χ3n) is 4.32. The summed E-state index contributed by atoms with van der Waals surface area (Å²) in [6.45, 7) is 1.36. The van der Waals surface area contributed by atoms with E-state index in [4.69, 9.17) is 23.2 Å². The maximum Gasteiger partial charge on any atom is 0.241 e. The van der Waals surface area contributed by atoms with Crippen molar-refractivity contribution in [2.24, 2.45) is 0 Å². The zero-order valence-corrected chi connectivity index (χ0v) is 19.7. The summed E-state index contributed by atoms with van der Waals surface area (Å²) in [5.41, 5.74) is 0.803. The van der Waals surface area contributed by atoms with Crippen LogP contribution in [0.15, 0.2) is 47.4 Å². The first kappa shape index (κ1) is 24.5. The van der Waals surface area contributed by atoms with Crippen molar-refractivity contribution >= 4 is 54.7 Å². The predicted molar refractivity (Wildman–Crippen MR) is 119 cm³/mol. The van der Waals surface area contributed by atoms with Gasteiger partial charge in [-0.1, -0.05) is 42.3 Å². The number of rotatable bonds is 8. The van der Waals surface area contributed by atoms with E-state index in [1.807, 2.05) is 6.92 Å². The lowest BCUT2D eigenvalue weighted by molar-refractivity contribution is -0.120. The van der Waals surface area contributed by atoms with Crippen LogP contribution in [0.5, 0.6) is 0 Å². The minimum Gasteiger partial charge on any atom is -0.348 e. The van der Waals surface area contributed by atoms with Crippen molar-refractivity contribution in [1.82, 2.24) is 5.32 Å². The number of halogens is 2. The molecule has 1 unspecified atom stereocenters. The maximum atomic E-state index is 12.6. The van der Waals surface area contributed by atoms with E-state index in [-0.39, 0.29) is 20.6 Å². The Hall–Kier alpha value is -1.81. The van der Waals surface area contributed by atoms with E-state index in [2.05, 4.69) is 5.32 Å². The van der Waals surface area contributed by atoms with Gasteiger partial charge in [0.15, 0.2) is 9.84 Å². The van der Waals surface area contributed by atoms with Crippen LogP contribution in [0, 0.1) is 0 Å². The van der Waals surface area contributed by atoms with Crippen LogP contribution in [0.25, 0.3) is 0 Å². The van der Waals surface area contributed by atoms with E-state index in [1.165, 1.54) is 30.3 Å². The van der Waals surface area contributed by atoms with Gasteiger partial charge in [-0.25, -0.2) is 16.8 Å². The predicted octanol–water partition coefficient (Wildman–Crippen LogP) is 3.43. The van der Waals surface area contributed by atoms with Crippen LogP contribution in [0.2, 0.25) is 10.0 Å². The standard InChI is InChI=1S/C19H22Cl2N2O5S2/c1-4-17(13-5-8-15(9-6-13)29(2,25)26)22-19(24)12-23(30(3,27)28)18-11-14(20)7-10-16(18)21/h5-11,17H,4,12H2,1-3H3,(H,22,24). The zero-order valence-electron chi connectivity index (χ0n) is 16.6. The fraction of sp³-hybridized carbons (Fsp3) is 0.316. The topological polar surface area (TPSA) is 101 Å². The minimum absolute atomic E-state index is 0.104. The number of hydrogen-bond acceptors (Lipinski definition) is 5. The molecule has 0 bridgehead atoms. The first-order valence-electron chi connectivity index (χ1n) is 8.85. The van der Waals surface area contributed by atoms with Gasteiger partial charge in [0, 0.05) is 11.3 Å². The van der Waals surface area contributed by atoms with Crippen molar-refractivity contribution in [3.05, 3.63) is 58.1 Å². The van der Waals surface area contributed by atoms with Gasteiger partial charge in [-0.05, 0) is 42.3 Å². The largest absolute Gasteiger partial charge is 0.348 e. The molecule has 1 amide bonds. The number of benzene rings is 2. The molecule has 2 aromatic rings. The number of sulfonamides is 1. The number of carbonyl (C=O) groups is 1. The second-order valence-corrected chi connectivity index (χ2v) is 11.5. The van der Waals surface area contributed by atoms with Gasteiger partial charge in [0.05, 0.1) is 27.9 Å². The maximum absolute atomic E-state index is 12.6. The van der Waals surface area contributed by atoms with Crippen LogP contribution in [-0.2, 0) is 24.7 Å². The molecular formula is C19H22Cl2N2O5S2. The van der Waals surface area contributed by atoms with Crippen LogP contribution >= 0.6 is 23.2 Å². The van der Waals surface area contributed by atoms with Crippen molar-refractivity contribution < 1.29 is 21.6 Å². The summed E-state index contributed by atoms with van der Waals surface area (Å²) in [7, 11) is -7.15. The normalized spacial score (nSPS) is 13.0. The molecule has 11 heteroatoms. The highest BCUT2D eigenvalue weighted by molar-refractivity contribution is 7.92. The summed E-state index contributed by atoms with van der Waals surface area (Å²) in [6.07, 6.45) is 2.60. The quantitative estimate of drug-likeness (QED) is 0.608. The van der Waals surface area contributed by atoms with Crippen LogP contribution in [-0.4, -0.2) is 41.8 Å². The smallest absolute Gasteiger partial charge is 0.241 e. The minimum atomic E-state index is -3.82. The van der Waals surface area contributed by atoms with Crippen molar-refractivity contribution in [2.75, 3.05) is 23.4 Å². The molecule has 164 valence electrons. The molecule has 0 aliphatic rings. The van der Waals surface area contributed by atoms with Crippen molar-refractivity contribution in [3.8, 4) is 0 Å². The molecule has 0 radical (unpaired) electrons. The Balaban J connectivity index is 2.24. The summed E-state index contributed by atoms with van der Waals surface area (Å²) >= 11 is 12.1. The average molecular weight is 493 g/mol. The Labute approximate surface area is 187 Å². The van der Waals surface area contributed by atoms with Crippen LogP contribution < -0.4 is 9.62 Å². The second-order valence-electron chi connectivity index (χ2n) is 6.73. The summed E-state index contributed by atoms with van der Waals surface area (Å²) in [5.74, 6) is -0.546. The number of hydrogen-bond donors (Lipinski definition) is 1. The van der Waals surface area contributed by atoms with Crippen molar-refractivity contribution in [1.29, 1.82) is 0 Å². The summed E-state index contributed by atoms with van der Waals surface area (Å²) in [5, 5.41) is 3.20. The van der Waals surface area contributed by atoms with Crippen LogP contribution in [0.3, 0.4) is 0 Å². The Bertz CT molecular complexity index is 1130. The van der Waals surface area contributed by atoms with E-state index >= 15 is 0 Å². The third-order valence-corrected chi connectivity index (χ3v) is 7.13. The molecule has 0 spiro atoms. The fourth-order valence-corrected chi connectivity index (χ4v) is 4.72. The number of anilines is 1. The fourth-order valence-electron chi connectivity index (χ4n) is 2.80. The lowest BCUT2D eigenvalue weighted by Gasteiger charge is -2.25. The molecule has 0 fully saturated rings. The summed E-state index contributed by atoms with van der Waals surface area (Å²) in [4.78, 5) is 12.8. The van der Waals surface area contributed by atoms with E-state index in [0.29, 0.717) is 12.0 Å². The van der Waals surface area contributed by atoms with Crippen molar-refractivity contribution in [2.45, 2.75) is 24.3 Å². The van der Waals surface area contributed by atoms with Gasteiger partial charge in [0.1, 0.15) is 6.54 Å². The second kappa shape index (κ2) is 9.55. The van der Waals surface area contributed by atoms with E-state index in [9.17, 15) is 21.6 Å². The van der Waals surface area contributed by atoms with Gasteiger partial charge in [0.25, 0.3) is 0 Å². The first-order chi connectivity index (χ1) is 13.8. The molecule has 0 aromatic heterocycles. The molecule has 30 heavy (non-hydrogen) atoms. The number of nitrogens with zero attached hydrogens (tertiary/aromatic N) is 1. The number of sulfone groups is 1. The molecule has 1 atom stereocenters. The molecule has 0 heterocycles. The highest BCUT2D eigenvalue weighted by Crippen LogP contribution is 2.30. The molecule has 7 nitrogen and oxygen atoms in total. The first-order valence-corrected chi connectivity index (χ1v) is 13.3. The molecule has 0 aliphatic carbocycles. The molecule has 0 saturated carbocycles. The Morgan fingerprint density at radius 1 is 1.03 bits per heavy atom. The van der Waals surface area contributed by atoms with Gasteiger partial charge in [-0.15, -0.1) is 0 Å². The average Bonchev–Trinajstić information content (AvgIpc) is 2.65. The van der Waals surface area contributed by atoms with E-state index in [0.717, 1.165) is 16.8 Å². The molecule has 2 rings (SSSR count). The molecule has 0 saturated heterocycles. The van der Waals surface area contributed by atoms with Gasteiger partial charge in [-0.2, -0.15) is 0 Å². The SMILES string of the molecule is CCC(NC(=O)CN(c1cc(Cl)ccc1Cl)S(C)(=O)=O)c1ccc(S(C)(=O)=O)cc1.